The fraction of sp³-hybridized carbons (Fsp3) is 0.211. The van der Waals surface area contributed by atoms with Crippen LogP contribution in [0.2, 0.25) is 0 Å². The number of rotatable bonds is 3. The summed E-state index contributed by atoms with van der Waals surface area (Å²) in [4.78, 5) is 20.4. The van der Waals surface area contributed by atoms with Crippen LogP contribution in [0.25, 0.3) is 21.9 Å². The lowest BCUT2D eigenvalue weighted by Crippen LogP contribution is -2.30. The van der Waals surface area contributed by atoms with Crippen LogP contribution in [-0.2, 0) is 0 Å². The second kappa shape index (κ2) is 5.92. The summed E-state index contributed by atoms with van der Waals surface area (Å²) in [6, 6.07) is 10.2. The number of fused-ring (bicyclic) bond motifs is 1. The number of benzene rings is 1. The lowest BCUT2D eigenvalue weighted by Gasteiger charge is -2.11. The maximum absolute atomic E-state index is 12.0. The highest BCUT2D eigenvalue weighted by atomic mass is 16.2. The second-order valence-corrected chi connectivity index (χ2v) is 6.15. The van der Waals surface area contributed by atoms with E-state index in [4.69, 9.17) is 0 Å². The topological polar surface area (TPSA) is 66.9 Å². The van der Waals surface area contributed by atoms with Crippen molar-refractivity contribution in [3.63, 3.8) is 0 Å². The molecule has 0 saturated heterocycles. The number of pyridine rings is 2. The molecule has 24 heavy (non-hydrogen) atoms. The van der Waals surface area contributed by atoms with Crippen LogP contribution in [0.4, 0.5) is 10.6 Å². The number of carbonyl (C=O) groups excluding carboxylic acids is 1. The third-order valence-electron chi connectivity index (χ3n) is 4.26. The number of nitrogens with zero attached hydrogens (tertiary/aromatic N) is 2. The molecule has 1 aromatic carbocycles. The van der Waals surface area contributed by atoms with Crippen molar-refractivity contribution >= 4 is 22.6 Å². The van der Waals surface area contributed by atoms with Gasteiger partial charge in [0.2, 0.25) is 0 Å². The van der Waals surface area contributed by atoms with Gasteiger partial charge < -0.3 is 5.32 Å². The summed E-state index contributed by atoms with van der Waals surface area (Å²) in [6.45, 7) is 2.06. The van der Waals surface area contributed by atoms with Crippen molar-refractivity contribution in [2.45, 2.75) is 25.8 Å². The molecule has 4 rings (SSSR count). The SMILES string of the molecule is Cc1ccc(-c2ccncc2)c2cc(NC(=O)NC3CC3)ncc12. The highest BCUT2D eigenvalue weighted by Crippen LogP contribution is 2.31. The molecule has 5 nitrogen and oxygen atoms in total. The lowest BCUT2D eigenvalue weighted by atomic mass is 9.97. The van der Waals surface area contributed by atoms with E-state index >= 15 is 0 Å². The van der Waals surface area contributed by atoms with E-state index in [1.54, 1.807) is 12.4 Å². The van der Waals surface area contributed by atoms with Crippen molar-refractivity contribution in [1.82, 2.24) is 15.3 Å². The molecule has 0 radical (unpaired) electrons. The first-order valence-electron chi connectivity index (χ1n) is 8.08. The molecule has 1 aliphatic carbocycles. The average Bonchev–Trinajstić information content (AvgIpc) is 3.40. The standard InChI is InChI=1S/C19H18N4O/c1-12-2-5-15(13-6-8-20-9-7-13)16-10-18(21-11-17(12)16)23-19(24)22-14-3-4-14/h2,5-11,14H,3-4H2,1H3,(H2,21,22,23,24). The van der Waals surface area contributed by atoms with Gasteiger partial charge in [0.1, 0.15) is 5.82 Å². The molecule has 0 bridgehead atoms. The van der Waals surface area contributed by atoms with E-state index in [1.165, 1.54) is 0 Å². The minimum atomic E-state index is -0.192. The van der Waals surface area contributed by atoms with Gasteiger partial charge in [0.05, 0.1) is 0 Å². The first-order chi connectivity index (χ1) is 11.7. The predicted octanol–water partition coefficient (Wildman–Crippen LogP) is 3.89. The number of carbonyl (C=O) groups is 1. The molecule has 2 heterocycles. The Morgan fingerprint density at radius 2 is 1.92 bits per heavy atom. The number of amides is 2. The Kier molecular flexibility index (Phi) is 3.61. The Bertz CT molecular complexity index is 904. The number of hydrogen-bond donors (Lipinski definition) is 2. The van der Waals surface area contributed by atoms with Crippen molar-refractivity contribution in [2.24, 2.45) is 0 Å². The predicted molar refractivity (Wildman–Crippen MR) is 94.9 cm³/mol. The van der Waals surface area contributed by atoms with E-state index in [2.05, 4.69) is 39.7 Å². The smallest absolute Gasteiger partial charge is 0.320 e. The lowest BCUT2D eigenvalue weighted by molar-refractivity contribution is 0.251. The zero-order valence-electron chi connectivity index (χ0n) is 13.4. The fourth-order valence-electron chi connectivity index (χ4n) is 2.80. The van der Waals surface area contributed by atoms with Crippen molar-refractivity contribution in [3.05, 3.63) is 54.5 Å². The third kappa shape index (κ3) is 2.93. The maximum atomic E-state index is 12.0. The number of hydrogen-bond acceptors (Lipinski definition) is 3. The Morgan fingerprint density at radius 3 is 2.67 bits per heavy atom. The maximum Gasteiger partial charge on any atom is 0.320 e. The van der Waals surface area contributed by atoms with Gasteiger partial charge in [-0.2, -0.15) is 0 Å². The molecule has 2 N–H and O–H groups in total. The van der Waals surface area contributed by atoms with Crippen molar-refractivity contribution in [1.29, 1.82) is 0 Å². The monoisotopic (exact) mass is 318 g/mol. The van der Waals surface area contributed by atoms with E-state index in [9.17, 15) is 4.79 Å². The average molecular weight is 318 g/mol. The number of aromatic nitrogens is 2. The highest BCUT2D eigenvalue weighted by molar-refractivity contribution is 6.00. The molecule has 5 heteroatoms. The minimum Gasteiger partial charge on any atom is -0.335 e. The zero-order chi connectivity index (χ0) is 16.5. The van der Waals surface area contributed by atoms with Crippen LogP contribution in [0.1, 0.15) is 18.4 Å². The Hall–Kier alpha value is -2.95. The molecule has 0 aliphatic heterocycles. The Balaban J connectivity index is 1.74. The number of aryl methyl sites for hydroxylation is 1. The normalized spacial score (nSPS) is 13.7. The van der Waals surface area contributed by atoms with Crippen LogP contribution < -0.4 is 10.6 Å². The molecule has 1 fully saturated rings. The Morgan fingerprint density at radius 1 is 1.12 bits per heavy atom. The summed E-state index contributed by atoms with van der Waals surface area (Å²) in [7, 11) is 0. The van der Waals surface area contributed by atoms with Crippen LogP contribution in [0.3, 0.4) is 0 Å². The molecule has 2 aromatic heterocycles. The van der Waals surface area contributed by atoms with Gasteiger partial charge in [-0.3, -0.25) is 10.3 Å². The summed E-state index contributed by atoms with van der Waals surface area (Å²) < 4.78 is 0. The van der Waals surface area contributed by atoms with Crippen molar-refractivity contribution < 1.29 is 4.79 Å². The van der Waals surface area contributed by atoms with Gasteiger partial charge in [0.15, 0.2) is 0 Å². The first kappa shape index (κ1) is 14.6. The molecule has 0 unspecified atom stereocenters. The van der Waals surface area contributed by atoms with Crippen LogP contribution in [0.15, 0.2) is 48.9 Å². The molecule has 0 atom stereocenters. The Labute approximate surface area is 140 Å². The largest absolute Gasteiger partial charge is 0.335 e. The van der Waals surface area contributed by atoms with Gasteiger partial charge in [0.25, 0.3) is 0 Å². The summed E-state index contributed by atoms with van der Waals surface area (Å²) in [6.07, 6.45) is 7.50. The van der Waals surface area contributed by atoms with Crippen LogP contribution in [0.5, 0.6) is 0 Å². The summed E-state index contributed by atoms with van der Waals surface area (Å²) in [5.74, 6) is 0.557. The molecular formula is C19H18N4O. The summed E-state index contributed by atoms with van der Waals surface area (Å²) in [5, 5.41) is 7.89. The van der Waals surface area contributed by atoms with Crippen LogP contribution in [-0.4, -0.2) is 22.0 Å². The van der Waals surface area contributed by atoms with Crippen LogP contribution in [0, 0.1) is 6.92 Å². The third-order valence-corrected chi connectivity index (χ3v) is 4.26. The van der Waals surface area contributed by atoms with Crippen molar-refractivity contribution in [3.8, 4) is 11.1 Å². The summed E-state index contributed by atoms with van der Waals surface area (Å²) >= 11 is 0. The first-order valence-corrected chi connectivity index (χ1v) is 8.08. The molecule has 1 saturated carbocycles. The van der Waals surface area contributed by atoms with E-state index in [0.29, 0.717) is 11.9 Å². The van der Waals surface area contributed by atoms with Gasteiger partial charge in [-0.15, -0.1) is 0 Å². The quantitative estimate of drug-likeness (QED) is 0.770. The molecule has 3 aromatic rings. The number of nitrogens with one attached hydrogen (secondary N) is 2. The van der Waals surface area contributed by atoms with Gasteiger partial charge in [0, 0.05) is 30.0 Å². The number of anilines is 1. The fourth-order valence-corrected chi connectivity index (χ4v) is 2.80. The minimum absolute atomic E-state index is 0.192. The molecule has 120 valence electrons. The molecule has 1 aliphatic rings. The second-order valence-electron chi connectivity index (χ2n) is 6.15. The van der Waals surface area contributed by atoms with Gasteiger partial charge >= 0.3 is 6.03 Å². The summed E-state index contributed by atoms with van der Waals surface area (Å²) in [5.41, 5.74) is 3.35. The van der Waals surface area contributed by atoms with E-state index in [1.807, 2.05) is 24.4 Å². The van der Waals surface area contributed by atoms with E-state index in [0.717, 1.165) is 40.3 Å². The van der Waals surface area contributed by atoms with Gasteiger partial charge in [-0.1, -0.05) is 12.1 Å². The molecular weight excluding hydrogens is 300 g/mol. The van der Waals surface area contributed by atoms with Crippen LogP contribution >= 0.6 is 0 Å². The number of urea groups is 1. The zero-order valence-corrected chi connectivity index (χ0v) is 13.4. The highest BCUT2D eigenvalue weighted by Gasteiger charge is 2.23. The van der Waals surface area contributed by atoms with E-state index in [-0.39, 0.29) is 6.03 Å². The van der Waals surface area contributed by atoms with Gasteiger partial charge in [-0.25, -0.2) is 9.78 Å². The van der Waals surface area contributed by atoms with Gasteiger partial charge in [-0.05, 0) is 60.0 Å². The molecule has 0 spiro atoms. The molecule has 2 amide bonds. The van der Waals surface area contributed by atoms with E-state index < -0.39 is 0 Å². The van der Waals surface area contributed by atoms with Crippen molar-refractivity contribution in [2.75, 3.05) is 5.32 Å².